The third-order valence-corrected chi connectivity index (χ3v) is 2.04. The number of rotatable bonds is 4. The second-order valence-corrected chi connectivity index (χ2v) is 4.85. The Morgan fingerprint density at radius 3 is 2.63 bits per heavy atom. The highest BCUT2D eigenvalue weighted by molar-refractivity contribution is 5.81. The number of carbonyl (C=O) groups excluding carboxylic acids is 2. The number of hydrogen-bond donors (Lipinski definition) is 1. The molecule has 1 aromatic heterocycles. The molecule has 1 N–H and O–H groups in total. The highest BCUT2D eigenvalue weighted by atomic mass is 16.6. The Hall–Kier alpha value is -2.05. The molecule has 1 rings (SSSR count). The Kier molecular flexibility index (Phi) is 4.91. The molecule has 0 spiro atoms. The van der Waals surface area contributed by atoms with Crippen LogP contribution in [0.5, 0.6) is 0 Å². The van der Waals surface area contributed by atoms with Crippen molar-refractivity contribution in [3.8, 4) is 0 Å². The molecule has 7 heteroatoms. The van der Waals surface area contributed by atoms with Gasteiger partial charge in [-0.15, -0.1) is 0 Å². The van der Waals surface area contributed by atoms with Gasteiger partial charge in [0.05, 0.1) is 19.7 Å². The van der Waals surface area contributed by atoms with Gasteiger partial charge in [0.15, 0.2) is 5.89 Å². The number of carbonyl (C=O) groups is 2. The maximum atomic E-state index is 11.6. The van der Waals surface area contributed by atoms with Gasteiger partial charge in [-0.3, -0.25) is 0 Å². The Morgan fingerprint density at radius 1 is 1.47 bits per heavy atom. The summed E-state index contributed by atoms with van der Waals surface area (Å²) in [7, 11) is 1.24. The van der Waals surface area contributed by atoms with Crippen molar-refractivity contribution in [2.24, 2.45) is 0 Å². The zero-order valence-corrected chi connectivity index (χ0v) is 11.4. The molecule has 1 aromatic rings. The van der Waals surface area contributed by atoms with E-state index in [0.29, 0.717) is 5.89 Å². The first kappa shape index (κ1) is 15.0. The van der Waals surface area contributed by atoms with Gasteiger partial charge in [0, 0.05) is 0 Å². The van der Waals surface area contributed by atoms with Crippen LogP contribution < -0.4 is 5.32 Å². The van der Waals surface area contributed by atoms with Gasteiger partial charge in [-0.2, -0.15) is 0 Å². The summed E-state index contributed by atoms with van der Waals surface area (Å²) >= 11 is 0. The van der Waals surface area contributed by atoms with E-state index >= 15 is 0 Å². The summed E-state index contributed by atoms with van der Waals surface area (Å²) < 4.78 is 14.7. The molecule has 19 heavy (non-hydrogen) atoms. The Morgan fingerprint density at radius 2 is 2.16 bits per heavy atom. The van der Waals surface area contributed by atoms with Crippen molar-refractivity contribution in [3.05, 3.63) is 18.4 Å². The number of hydrogen-bond acceptors (Lipinski definition) is 6. The number of ether oxygens (including phenoxy) is 2. The highest BCUT2D eigenvalue weighted by Gasteiger charge is 2.26. The van der Waals surface area contributed by atoms with E-state index in [1.807, 2.05) is 0 Å². The molecule has 0 aromatic carbocycles. The molecule has 1 amide bonds. The van der Waals surface area contributed by atoms with E-state index < -0.39 is 23.7 Å². The minimum atomic E-state index is -0.904. The highest BCUT2D eigenvalue weighted by Crippen LogP contribution is 2.08. The summed E-state index contributed by atoms with van der Waals surface area (Å²) in [5, 5.41) is 2.43. The lowest BCUT2D eigenvalue weighted by Gasteiger charge is -2.22. The van der Waals surface area contributed by atoms with Crippen LogP contribution in [0, 0.1) is 0 Å². The second-order valence-electron chi connectivity index (χ2n) is 4.85. The van der Waals surface area contributed by atoms with Gasteiger partial charge in [-0.25, -0.2) is 14.6 Å². The molecule has 0 fully saturated rings. The fourth-order valence-electron chi connectivity index (χ4n) is 1.31. The average molecular weight is 270 g/mol. The Balaban J connectivity index is 2.65. The number of methoxy groups -OCH3 is 1. The van der Waals surface area contributed by atoms with Crippen LogP contribution in [-0.2, 0) is 20.7 Å². The molecule has 1 atom stereocenters. The number of nitrogens with zero attached hydrogens (tertiary/aromatic N) is 1. The van der Waals surface area contributed by atoms with Gasteiger partial charge in [0.2, 0.25) is 0 Å². The fourth-order valence-corrected chi connectivity index (χ4v) is 1.31. The van der Waals surface area contributed by atoms with E-state index in [1.54, 1.807) is 20.8 Å². The van der Waals surface area contributed by atoms with Crippen LogP contribution in [0.25, 0.3) is 0 Å². The van der Waals surface area contributed by atoms with Crippen LogP contribution in [0.3, 0.4) is 0 Å². The number of esters is 1. The largest absolute Gasteiger partial charge is 0.467 e. The smallest absolute Gasteiger partial charge is 0.408 e. The summed E-state index contributed by atoms with van der Waals surface area (Å²) in [4.78, 5) is 27.1. The van der Waals surface area contributed by atoms with Crippen molar-refractivity contribution < 1.29 is 23.5 Å². The SMILES string of the molecule is COC(=O)C(Cc1ncco1)NC(=O)OC(C)(C)C. The summed E-state index contributed by atoms with van der Waals surface area (Å²) in [5.41, 5.74) is -0.645. The van der Waals surface area contributed by atoms with E-state index in [9.17, 15) is 9.59 Å². The van der Waals surface area contributed by atoms with E-state index in [2.05, 4.69) is 15.0 Å². The standard InChI is InChI=1S/C12H18N2O5/c1-12(2,3)19-11(16)14-8(10(15)17-4)7-9-13-5-6-18-9/h5-6,8H,7H2,1-4H3,(H,14,16). The first-order valence-corrected chi connectivity index (χ1v) is 5.77. The van der Waals surface area contributed by atoms with E-state index in [4.69, 9.17) is 9.15 Å². The van der Waals surface area contributed by atoms with Crippen molar-refractivity contribution in [1.29, 1.82) is 0 Å². The molecular weight excluding hydrogens is 252 g/mol. The van der Waals surface area contributed by atoms with Crippen LogP contribution >= 0.6 is 0 Å². The van der Waals surface area contributed by atoms with Gasteiger partial charge in [-0.05, 0) is 20.8 Å². The van der Waals surface area contributed by atoms with Gasteiger partial charge in [-0.1, -0.05) is 0 Å². The molecule has 0 radical (unpaired) electrons. The molecule has 0 aliphatic heterocycles. The Bertz CT molecular complexity index is 422. The van der Waals surface area contributed by atoms with Crippen LogP contribution in [0.2, 0.25) is 0 Å². The molecule has 0 aliphatic carbocycles. The van der Waals surface area contributed by atoms with Crippen LogP contribution in [0.1, 0.15) is 26.7 Å². The van der Waals surface area contributed by atoms with Crippen molar-refractivity contribution in [3.63, 3.8) is 0 Å². The van der Waals surface area contributed by atoms with Gasteiger partial charge < -0.3 is 19.2 Å². The zero-order valence-electron chi connectivity index (χ0n) is 11.4. The summed E-state index contributed by atoms with van der Waals surface area (Å²) in [6, 6.07) is -0.904. The fraction of sp³-hybridized carbons (Fsp3) is 0.583. The zero-order chi connectivity index (χ0) is 14.5. The molecular formula is C12H18N2O5. The van der Waals surface area contributed by atoms with Crippen molar-refractivity contribution >= 4 is 12.1 Å². The third kappa shape index (κ3) is 5.41. The summed E-state index contributed by atoms with van der Waals surface area (Å²) in [6.45, 7) is 5.19. The lowest BCUT2D eigenvalue weighted by atomic mass is 10.2. The molecule has 0 bridgehead atoms. The number of aromatic nitrogens is 1. The molecule has 106 valence electrons. The summed E-state index contributed by atoms with van der Waals surface area (Å²) in [5.74, 6) is -0.268. The maximum Gasteiger partial charge on any atom is 0.408 e. The van der Waals surface area contributed by atoms with Gasteiger partial charge >= 0.3 is 12.1 Å². The molecule has 0 saturated heterocycles. The maximum absolute atomic E-state index is 11.6. The lowest BCUT2D eigenvalue weighted by Crippen LogP contribution is -2.45. The number of amides is 1. The van der Waals surface area contributed by atoms with E-state index in [0.717, 1.165) is 0 Å². The normalized spacial score (nSPS) is 12.6. The van der Waals surface area contributed by atoms with E-state index in [-0.39, 0.29) is 6.42 Å². The first-order chi connectivity index (χ1) is 8.81. The molecule has 1 unspecified atom stereocenters. The lowest BCUT2D eigenvalue weighted by molar-refractivity contribution is -0.143. The van der Waals surface area contributed by atoms with Gasteiger partial charge in [0.1, 0.15) is 17.9 Å². The minimum Gasteiger partial charge on any atom is -0.467 e. The molecule has 1 heterocycles. The van der Waals surface area contributed by atoms with Crippen molar-refractivity contribution in [1.82, 2.24) is 10.3 Å². The number of oxazole rings is 1. The molecule has 7 nitrogen and oxygen atoms in total. The number of nitrogens with one attached hydrogen (secondary N) is 1. The van der Waals surface area contributed by atoms with Crippen LogP contribution in [0.4, 0.5) is 4.79 Å². The van der Waals surface area contributed by atoms with Crippen LogP contribution in [-0.4, -0.2) is 35.8 Å². The minimum absolute atomic E-state index is 0.0961. The molecule has 0 saturated carbocycles. The second kappa shape index (κ2) is 6.21. The van der Waals surface area contributed by atoms with Crippen LogP contribution in [0.15, 0.2) is 16.9 Å². The van der Waals surface area contributed by atoms with Crippen molar-refractivity contribution in [2.75, 3.05) is 7.11 Å². The topological polar surface area (TPSA) is 90.7 Å². The Labute approximate surface area is 111 Å². The predicted molar refractivity (Wildman–Crippen MR) is 65.4 cm³/mol. The summed E-state index contributed by atoms with van der Waals surface area (Å²) in [6.07, 6.45) is 2.24. The third-order valence-electron chi connectivity index (χ3n) is 2.04. The quantitative estimate of drug-likeness (QED) is 0.829. The van der Waals surface area contributed by atoms with E-state index in [1.165, 1.54) is 19.6 Å². The predicted octanol–water partition coefficient (Wildman–Crippen LogP) is 1.28. The average Bonchev–Trinajstić information content (AvgIpc) is 2.77. The monoisotopic (exact) mass is 270 g/mol. The van der Waals surface area contributed by atoms with Crippen molar-refractivity contribution in [2.45, 2.75) is 38.8 Å². The number of alkyl carbamates (subject to hydrolysis) is 1. The molecule has 0 aliphatic rings. The first-order valence-electron chi connectivity index (χ1n) is 5.77. The van der Waals surface area contributed by atoms with Gasteiger partial charge in [0.25, 0.3) is 0 Å².